The third-order valence-electron chi connectivity index (χ3n) is 10.2. The Morgan fingerprint density at radius 3 is 2.67 bits per heavy atom. The molecule has 6 aliphatic rings. The maximum absolute atomic E-state index is 11.4. The SMILES string of the molecule is C[C@@H]1CC[C@H]2[C@@H](C)C(OCC(O)C(NCCCN3CCOCC3)c3ccccc3)O[C@@H]3O[C@]4(C)CC[C@@H]1[C@]32OO4. The zero-order chi connectivity index (χ0) is 27.7. The van der Waals surface area contributed by atoms with Gasteiger partial charge < -0.3 is 29.4 Å². The molecule has 5 saturated heterocycles. The van der Waals surface area contributed by atoms with E-state index in [9.17, 15) is 5.11 Å². The molecule has 224 valence electrons. The number of benzene rings is 1. The van der Waals surface area contributed by atoms with E-state index in [0.29, 0.717) is 11.8 Å². The smallest absolute Gasteiger partial charge is 0.201 e. The van der Waals surface area contributed by atoms with E-state index in [2.05, 4.69) is 36.2 Å². The van der Waals surface area contributed by atoms with Crippen LogP contribution in [-0.2, 0) is 28.7 Å². The topological polar surface area (TPSA) is 90.9 Å². The lowest BCUT2D eigenvalue weighted by molar-refractivity contribution is -0.577. The molecule has 1 aliphatic carbocycles. The van der Waals surface area contributed by atoms with Crippen molar-refractivity contribution >= 4 is 0 Å². The van der Waals surface area contributed by atoms with Crippen LogP contribution in [0.5, 0.6) is 0 Å². The second-order valence-corrected chi connectivity index (χ2v) is 12.8. The van der Waals surface area contributed by atoms with Crippen LogP contribution in [-0.4, -0.2) is 86.1 Å². The van der Waals surface area contributed by atoms with Crippen LogP contribution in [0.1, 0.15) is 64.5 Å². The summed E-state index contributed by atoms with van der Waals surface area (Å²) in [5, 5.41) is 15.0. The molecular weight excluding hydrogens is 512 g/mol. The van der Waals surface area contributed by atoms with Crippen molar-refractivity contribution in [1.82, 2.24) is 10.2 Å². The Bertz CT molecular complexity index is 964. The van der Waals surface area contributed by atoms with Gasteiger partial charge in [0.15, 0.2) is 18.2 Å². The van der Waals surface area contributed by atoms with E-state index in [0.717, 1.165) is 77.1 Å². The Hall–Kier alpha value is -1.14. The average molecular weight is 561 g/mol. The molecule has 40 heavy (non-hydrogen) atoms. The molecular formula is C31H48N2O7. The van der Waals surface area contributed by atoms with E-state index in [1.54, 1.807) is 0 Å². The van der Waals surface area contributed by atoms with Crippen LogP contribution >= 0.6 is 0 Å². The van der Waals surface area contributed by atoms with Gasteiger partial charge in [0.2, 0.25) is 5.79 Å². The molecule has 7 rings (SSSR count). The van der Waals surface area contributed by atoms with Crippen LogP contribution in [0.3, 0.4) is 0 Å². The molecule has 9 nitrogen and oxygen atoms in total. The van der Waals surface area contributed by atoms with Gasteiger partial charge in [-0.15, -0.1) is 0 Å². The van der Waals surface area contributed by atoms with Crippen LogP contribution in [0.2, 0.25) is 0 Å². The lowest BCUT2D eigenvalue weighted by Crippen LogP contribution is -2.70. The minimum atomic E-state index is -0.814. The predicted molar refractivity (Wildman–Crippen MR) is 148 cm³/mol. The summed E-state index contributed by atoms with van der Waals surface area (Å²) in [5.74, 6) is 0.289. The van der Waals surface area contributed by atoms with Gasteiger partial charge in [-0.05, 0) is 63.1 Å². The first-order valence-electron chi connectivity index (χ1n) is 15.5. The molecule has 6 fully saturated rings. The highest BCUT2D eigenvalue weighted by atomic mass is 17.3. The van der Waals surface area contributed by atoms with Gasteiger partial charge in [-0.3, -0.25) is 4.90 Å². The number of nitrogens with one attached hydrogen (secondary N) is 1. The minimum Gasteiger partial charge on any atom is -0.389 e. The van der Waals surface area contributed by atoms with Crippen molar-refractivity contribution in [3.63, 3.8) is 0 Å². The van der Waals surface area contributed by atoms with Crippen LogP contribution in [0.4, 0.5) is 0 Å². The highest BCUT2D eigenvalue weighted by Gasteiger charge is 2.69. The molecule has 9 heteroatoms. The highest BCUT2D eigenvalue weighted by molar-refractivity contribution is 5.20. The van der Waals surface area contributed by atoms with Crippen LogP contribution in [0.25, 0.3) is 0 Å². The van der Waals surface area contributed by atoms with Crippen LogP contribution < -0.4 is 5.32 Å². The standard InChI is InChI=1S/C31H48N2O7/c1-21-10-11-25-22(2)28(37-29-31(25)24(21)12-13-30(3,38-29)39-40-31)36-20-26(34)27(23-8-5-4-6-9-23)32-14-7-15-33-16-18-35-19-17-33/h4-6,8-9,21-22,24-29,32,34H,7,10-20H2,1-3H3/t21-,22-,24+,25+,26?,27?,28?,29-,30+,31-/m1/s1. The van der Waals surface area contributed by atoms with Gasteiger partial charge >= 0.3 is 0 Å². The zero-order valence-electron chi connectivity index (χ0n) is 24.3. The number of nitrogens with zero attached hydrogens (tertiary/aromatic N) is 1. The van der Waals surface area contributed by atoms with Crippen molar-refractivity contribution in [2.75, 3.05) is 46.0 Å². The Balaban J connectivity index is 1.10. The Labute approximate surface area is 238 Å². The van der Waals surface area contributed by atoms with E-state index < -0.39 is 30.1 Å². The third kappa shape index (κ3) is 5.62. The third-order valence-corrected chi connectivity index (χ3v) is 10.2. The van der Waals surface area contributed by atoms with Gasteiger partial charge in [0.25, 0.3) is 0 Å². The summed E-state index contributed by atoms with van der Waals surface area (Å²) in [6, 6.07) is 9.91. The minimum absolute atomic E-state index is 0.0739. The number of hydrogen-bond acceptors (Lipinski definition) is 9. The first-order valence-corrected chi connectivity index (χ1v) is 15.5. The predicted octanol–water partition coefficient (Wildman–Crippen LogP) is 3.63. The van der Waals surface area contributed by atoms with Crippen LogP contribution in [0.15, 0.2) is 30.3 Å². The first kappa shape index (κ1) is 29.0. The van der Waals surface area contributed by atoms with Crippen molar-refractivity contribution in [1.29, 1.82) is 0 Å². The number of morpholine rings is 1. The summed E-state index contributed by atoms with van der Waals surface area (Å²) in [4.78, 5) is 14.6. The van der Waals surface area contributed by atoms with Crippen molar-refractivity contribution in [3.05, 3.63) is 35.9 Å². The van der Waals surface area contributed by atoms with Crippen LogP contribution in [0, 0.1) is 23.7 Å². The largest absolute Gasteiger partial charge is 0.389 e. The molecule has 0 radical (unpaired) electrons. The molecule has 2 N–H and O–H groups in total. The lowest BCUT2D eigenvalue weighted by atomic mass is 9.58. The first-order chi connectivity index (χ1) is 19.4. The fourth-order valence-corrected chi connectivity index (χ4v) is 7.87. The summed E-state index contributed by atoms with van der Waals surface area (Å²) in [7, 11) is 0. The fourth-order valence-electron chi connectivity index (χ4n) is 7.87. The number of fused-ring (bicyclic) bond motifs is 2. The van der Waals surface area contributed by atoms with Crippen molar-refractivity contribution in [3.8, 4) is 0 Å². The van der Waals surface area contributed by atoms with Gasteiger partial charge in [-0.25, -0.2) is 9.78 Å². The van der Waals surface area contributed by atoms with E-state index in [1.807, 2.05) is 25.1 Å². The number of rotatable bonds is 10. The Morgan fingerprint density at radius 2 is 1.88 bits per heavy atom. The van der Waals surface area contributed by atoms with Gasteiger partial charge in [-0.1, -0.05) is 44.2 Å². The molecule has 5 aliphatic heterocycles. The van der Waals surface area contributed by atoms with E-state index in [1.165, 1.54) is 0 Å². The lowest BCUT2D eigenvalue weighted by Gasteiger charge is -2.60. The molecule has 2 bridgehead atoms. The summed E-state index contributed by atoms with van der Waals surface area (Å²) >= 11 is 0. The summed E-state index contributed by atoms with van der Waals surface area (Å²) < 4.78 is 24.9. The molecule has 0 aromatic heterocycles. The summed E-state index contributed by atoms with van der Waals surface area (Å²) in [6.45, 7) is 12.0. The zero-order valence-corrected chi connectivity index (χ0v) is 24.3. The van der Waals surface area contributed by atoms with Crippen molar-refractivity contribution < 1.29 is 33.8 Å². The molecule has 1 spiro atoms. The van der Waals surface area contributed by atoms with E-state index in [-0.39, 0.29) is 24.5 Å². The quantitative estimate of drug-likeness (QED) is 0.329. The molecule has 10 atom stereocenters. The fraction of sp³-hybridized carbons (Fsp3) is 0.806. The van der Waals surface area contributed by atoms with Gasteiger partial charge in [0.1, 0.15) is 0 Å². The molecule has 3 unspecified atom stereocenters. The Morgan fingerprint density at radius 1 is 1.07 bits per heavy atom. The molecule has 0 amide bonds. The van der Waals surface area contributed by atoms with Gasteiger partial charge in [0.05, 0.1) is 32.0 Å². The average Bonchev–Trinajstić information content (AvgIpc) is 3.20. The normalized spacial score (nSPS) is 41.2. The van der Waals surface area contributed by atoms with E-state index >= 15 is 0 Å². The second kappa shape index (κ2) is 12.2. The number of ether oxygens (including phenoxy) is 4. The second-order valence-electron chi connectivity index (χ2n) is 12.8. The molecule has 1 aromatic rings. The summed E-state index contributed by atoms with van der Waals surface area (Å²) in [5.41, 5.74) is 0.439. The summed E-state index contributed by atoms with van der Waals surface area (Å²) in [6.07, 6.45) is 3.17. The molecule has 5 heterocycles. The number of hydrogen-bond donors (Lipinski definition) is 2. The molecule has 1 aromatic carbocycles. The molecule has 1 saturated carbocycles. The van der Waals surface area contributed by atoms with Crippen molar-refractivity contribution in [2.24, 2.45) is 23.7 Å². The number of aliphatic hydroxyl groups is 1. The highest BCUT2D eigenvalue weighted by Crippen LogP contribution is 2.60. The Kier molecular flexibility index (Phi) is 8.85. The van der Waals surface area contributed by atoms with Gasteiger partial charge in [-0.2, -0.15) is 0 Å². The maximum Gasteiger partial charge on any atom is 0.201 e. The van der Waals surface area contributed by atoms with E-state index in [4.69, 9.17) is 28.7 Å². The maximum atomic E-state index is 11.4. The van der Waals surface area contributed by atoms with Crippen molar-refractivity contribution in [2.45, 2.75) is 89.0 Å². The monoisotopic (exact) mass is 560 g/mol. The number of aliphatic hydroxyl groups excluding tert-OH is 1. The van der Waals surface area contributed by atoms with Gasteiger partial charge in [0, 0.05) is 31.3 Å².